The molecule has 37 heavy (non-hydrogen) atoms. The fourth-order valence-corrected chi connectivity index (χ4v) is 5.42. The van der Waals surface area contributed by atoms with Crippen LogP contribution in [-0.4, -0.2) is 89.1 Å². The second-order valence-corrected chi connectivity index (χ2v) is 11.5. The van der Waals surface area contributed by atoms with Crippen molar-refractivity contribution in [3.8, 4) is 0 Å². The third-order valence-corrected chi connectivity index (χ3v) is 7.93. The molecule has 2 aliphatic heterocycles. The highest BCUT2D eigenvalue weighted by Gasteiger charge is 2.44. The van der Waals surface area contributed by atoms with Gasteiger partial charge in [-0.05, 0) is 72.2 Å². The van der Waals surface area contributed by atoms with Gasteiger partial charge >= 0.3 is 5.97 Å². The number of aliphatic hydroxyl groups excluding tert-OH is 1. The van der Waals surface area contributed by atoms with Crippen LogP contribution < -0.4 is 0 Å². The molecule has 0 unspecified atom stereocenters. The minimum absolute atomic E-state index is 0.168. The van der Waals surface area contributed by atoms with Gasteiger partial charge in [0.05, 0.1) is 12.2 Å². The van der Waals surface area contributed by atoms with E-state index in [1.807, 2.05) is 32.8 Å². The molecule has 0 aliphatic carbocycles. The molecule has 0 aromatic carbocycles. The SMILES string of the molecule is CC[C@@H]1OC(=O)[C@H](C)C(=O)[C@@H](C)[C@@H](O[C@H]2O[C@H](C)C[C@H](N(C)C)[C@H]2O)[C@@H](C)C[C@@H](C)C(=O)/C=C\[C@@]1(C)O. The van der Waals surface area contributed by atoms with Gasteiger partial charge in [-0.25, -0.2) is 0 Å². The molecule has 0 spiro atoms. The summed E-state index contributed by atoms with van der Waals surface area (Å²) in [4.78, 5) is 41.3. The van der Waals surface area contributed by atoms with Gasteiger partial charge in [0, 0.05) is 17.9 Å². The number of nitrogens with zero attached hydrogens (tertiary/aromatic N) is 1. The van der Waals surface area contributed by atoms with Crippen LogP contribution in [0.15, 0.2) is 12.2 Å². The third-order valence-electron chi connectivity index (χ3n) is 7.93. The average molecular weight is 526 g/mol. The largest absolute Gasteiger partial charge is 0.458 e. The first-order valence-electron chi connectivity index (χ1n) is 13.5. The number of Topliss-reactive ketones (excluding diaryl/α,β-unsaturated/α-hetero) is 1. The molecule has 0 amide bonds. The van der Waals surface area contributed by atoms with Crippen LogP contribution in [0, 0.1) is 23.7 Å². The Morgan fingerprint density at radius 1 is 1.11 bits per heavy atom. The number of cyclic esters (lactones) is 1. The first-order chi connectivity index (χ1) is 17.1. The molecule has 1 fully saturated rings. The maximum absolute atomic E-state index is 13.5. The van der Waals surface area contributed by atoms with Crippen molar-refractivity contribution in [3.63, 3.8) is 0 Å². The number of aliphatic hydroxyl groups is 2. The molecule has 9 heteroatoms. The third kappa shape index (κ3) is 7.69. The van der Waals surface area contributed by atoms with E-state index in [-0.39, 0.29) is 29.6 Å². The van der Waals surface area contributed by atoms with Gasteiger partial charge in [-0.15, -0.1) is 0 Å². The number of hydrogen-bond acceptors (Lipinski definition) is 9. The fourth-order valence-electron chi connectivity index (χ4n) is 5.42. The zero-order valence-electron chi connectivity index (χ0n) is 23.8. The number of ketones is 2. The predicted octanol–water partition coefficient (Wildman–Crippen LogP) is 2.51. The molecule has 0 aromatic heterocycles. The topological polar surface area (TPSA) is 123 Å². The van der Waals surface area contributed by atoms with Gasteiger partial charge in [-0.1, -0.05) is 27.7 Å². The summed E-state index contributed by atoms with van der Waals surface area (Å²) in [7, 11) is 3.77. The summed E-state index contributed by atoms with van der Waals surface area (Å²) < 4.78 is 17.9. The van der Waals surface area contributed by atoms with Crippen LogP contribution in [0.4, 0.5) is 0 Å². The van der Waals surface area contributed by atoms with Crippen LogP contribution in [0.3, 0.4) is 0 Å². The molecule has 212 valence electrons. The zero-order chi connectivity index (χ0) is 28.2. The molecule has 2 heterocycles. The van der Waals surface area contributed by atoms with E-state index >= 15 is 0 Å². The number of allylic oxidation sites excluding steroid dienone is 1. The summed E-state index contributed by atoms with van der Waals surface area (Å²) in [6, 6.07) is -0.188. The van der Waals surface area contributed by atoms with Gasteiger partial charge in [0.25, 0.3) is 0 Å². The Kier molecular flexibility index (Phi) is 11.0. The molecule has 1 saturated heterocycles. The van der Waals surface area contributed by atoms with Crippen molar-refractivity contribution in [1.82, 2.24) is 4.90 Å². The Morgan fingerprint density at radius 3 is 2.30 bits per heavy atom. The number of hydrogen-bond donors (Lipinski definition) is 2. The second kappa shape index (κ2) is 12.9. The van der Waals surface area contributed by atoms with Crippen molar-refractivity contribution in [2.75, 3.05) is 14.1 Å². The highest BCUT2D eigenvalue weighted by Crippen LogP contribution is 2.32. The van der Waals surface area contributed by atoms with E-state index in [2.05, 4.69) is 0 Å². The highest BCUT2D eigenvalue weighted by atomic mass is 16.7. The summed E-state index contributed by atoms with van der Waals surface area (Å²) in [5.41, 5.74) is -1.57. The summed E-state index contributed by atoms with van der Waals surface area (Å²) in [6.45, 7) is 12.0. The van der Waals surface area contributed by atoms with Crippen molar-refractivity contribution in [2.45, 2.75) is 110 Å². The van der Waals surface area contributed by atoms with E-state index in [1.165, 1.54) is 26.0 Å². The molecular formula is C28H47NO8. The molecule has 11 atom stereocenters. The Morgan fingerprint density at radius 2 is 1.73 bits per heavy atom. The fraction of sp³-hybridized carbons (Fsp3) is 0.821. The van der Waals surface area contributed by atoms with E-state index in [4.69, 9.17) is 14.2 Å². The normalized spacial score (nSPS) is 43.8. The number of carbonyl (C=O) groups is 3. The summed E-state index contributed by atoms with van der Waals surface area (Å²) >= 11 is 0. The molecule has 0 aromatic rings. The maximum atomic E-state index is 13.5. The van der Waals surface area contributed by atoms with Gasteiger partial charge in [-0.2, -0.15) is 0 Å². The summed E-state index contributed by atoms with van der Waals surface area (Å²) in [5, 5.41) is 21.9. The lowest BCUT2D eigenvalue weighted by Crippen LogP contribution is -2.56. The number of likely N-dealkylation sites (N-methyl/N-ethyl adjacent to an activating group) is 1. The minimum Gasteiger partial charge on any atom is -0.458 e. The molecular weight excluding hydrogens is 478 g/mol. The monoisotopic (exact) mass is 525 g/mol. The van der Waals surface area contributed by atoms with Crippen LogP contribution in [0.5, 0.6) is 0 Å². The van der Waals surface area contributed by atoms with Crippen molar-refractivity contribution in [3.05, 3.63) is 12.2 Å². The van der Waals surface area contributed by atoms with Crippen LogP contribution in [0.25, 0.3) is 0 Å². The van der Waals surface area contributed by atoms with Crippen LogP contribution in [0.1, 0.15) is 67.7 Å². The van der Waals surface area contributed by atoms with Crippen molar-refractivity contribution >= 4 is 17.5 Å². The number of rotatable bonds is 4. The Labute approximate surface area is 221 Å². The number of esters is 1. The molecule has 2 N–H and O–H groups in total. The van der Waals surface area contributed by atoms with E-state index in [0.717, 1.165) is 0 Å². The molecule has 0 bridgehead atoms. The quantitative estimate of drug-likeness (QED) is 0.421. The lowest BCUT2D eigenvalue weighted by atomic mass is 9.80. The van der Waals surface area contributed by atoms with Crippen molar-refractivity contribution < 1.29 is 38.8 Å². The van der Waals surface area contributed by atoms with Crippen LogP contribution >= 0.6 is 0 Å². The number of carbonyl (C=O) groups excluding carboxylic acids is 3. The average Bonchev–Trinajstić information content (AvgIpc) is 2.83. The van der Waals surface area contributed by atoms with Gasteiger partial charge in [0.15, 0.2) is 17.9 Å². The molecule has 0 radical (unpaired) electrons. The Balaban J connectivity index is 2.44. The molecule has 9 nitrogen and oxygen atoms in total. The molecule has 2 rings (SSSR count). The lowest BCUT2D eigenvalue weighted by Gasteiger charge is -2.43. The van der Waals surface area contributed by atoms with Crippen molar-refractivity contribution in [2.24, 2.45) is 23.7 Å². The summed E-state index contributed by atoms with van der Waals surface area (Å²) in [5.74, 6) is -3.83. The summed E-state index contributed by atoms with van der Waals surface area (Å²) in [6.07, 6.45) is 0.318. The maximum Gasteiger partial charge on any atom is 0.316 e. The first kappa shape index (κ1) is 31.6. The van der Waals surface area contributed by atoms with Crippen LogP contribution in [-0.2, 0) is 28.6 Å². The first-order valence-corrected chi connectivity index (χ1v) is 13.5. The second-order valence-electron chi connectivity index (χ2n) is 11.5. The van der Waals surface area contributed by atoms with Crippen molar-refractivity contribution in [1.29, 1.82) is 0 Å². The Bertz CT molecular complexity index is 840. The van der Waals surface area contributed by atoms with Gasteiger partial charge in [0.1, 0.15) is 23.7 Å². The molecule has 0 saturated carbocycles. The van der Waals surface area contributed by atoms with Gasteiger partial charge in [-0.3, -0.25) is 14.4 Å². The van der Waals surface area contributed by atoms with Crippen LogP contribution in [0.2, 0.25) is 0 Å². The zero-order valence-corrected chi connectivity index (χ0v) is 23.8. The van der Waals surface area contributed by atoms with E-state index < -0.39 is 53.9 Å². The van der Waals surface area contributed by atoms with E-state index in [0.29, 0.717) is 19.3 Å². The smallest absolute Gasteiger partial charge is 0.316 e. The van der Waals surface area contributed by atoms with E-state index in [9.17, 15) is 24.6 Å². The Hall–Kier alpha value is -1.65. The highest BCUT2D eigenvalue weighted by molar-refractivity contribution is 6.00. The molecule has 2 aliphatic rings. The van der Waals surface area contributed by atoms with Gasteiger partial charge in [0.2, 0.25) is 0 Å². The lowest BCUT2D eigenvalue weighted by molar-refractivity contribution is -0.278. The minimum atomic E-state index is -1.57. The standard InChI is InChI=1S/C28H47NO8/c1-10-22-28(7,34)12-11-21(30)15(2)13-16(3)25(18(5)23(31)19(6)26(33)36-22)37-27-24(32)20(29(8)9)14-17(4)35-27/h11-12,15-20,22,24-25,27,32,34H,10,13-14H2,1-9H3/b12-11-/t15-,16+,17-,18-,19-,20+,22+,24-,25+,27-,28-/m1/s1. The van der Waals surface area contributed by atoms with Gasteiger partial charge < -0.3 is 29.3 Å². The van der Waals surface area contributed by atoms with E-state index in [1.54, 1.807) is 20.8 Å². The predicted molar refractivity (Wildman–Crippen MR) is 139 cm³/mol. The number of ether oxygens (including phenoxy) is 3.